The number of aliphatic hydroxyl groups excluding tert-OH is 1. The Kier molecular flexibility index (Phi) is 6.63. The minimum atomic E-state index is -4.02. The summed E-state index contributed by atoms with van der Waals surface area (Å²) in [4.78, 5) is 17.2. The van der Waals surface area contributed by atoms with E-state index in [9.17, 15) is 17.9 Å². The summed E-state index contributed by atoms with van der Waals surface area (Å²) >= 11 is 0. The lowest BCUT2D eigenvalue weighted by atomic mass is 10.1. The third kappa shape index (κ3) is 4.91. The normalized spacial score (nSPS) is 17.4. The van der Waals surface area contributed by atoms with Crippen LogP contribution in [0.1, 0.15) is 28.7 Å². The standard InChI is InChI=1S/C27H27FN6O4S/c1-32-8-10-33(11-9-32)20-4-2-3-18(13-20)25(35)26-30-15-19-16-34(17-24(19)31-26)39(36,37)21-5-6-22(23(28)14-21)27-29-7-12-38-27/h2-7,12-15,25,35H,8-11,16-17H2,1H3. The van der Waals surface area contributed by atoms with E-state index >= 15 is 0 Å². The first-order chi connectivity index (χ1) is 18.8. The summed E-state index contributed by atoms with van der Waals surface area (Å²) in [5, 5.41) is 11.1. The average Bonchev–Trinajstić information content (AvgIpc) is 3.63. The Morgan fingerprint density at radius 2 is 1.87 bits per heavy atom. The van der Waals surface area contributed by atoms with Crippen molar-refractivity contribution in [2.24, 2.45) is 0 Å². The van der Waals surface area contributed by atoms with E-state index in [1.807, 2.05) is 24.3 Å². The first-order valence-electron chi connectivity index (χ1n) is 12.6. The molecule has 1 saturated heterocycles. The third-order valence-corrected chi connectivity index (χ3v) is 8.97. The van der Waals surface area contributed by atoms with Gasteiger partial charge in [-0.2, -0.15) is 4.31 Å². The number of piperazine rings is 1. The van der Waals surface area contributed by atoms with Crippen LogP contribution in [0.15, 0.2) is 70.4 Å². The molecule has 2 aromatic heterocycles. The van der Waals surface area contributed by atoms with E-state index in [0.29, 0.717) is 16.8 Å². The Morgan fingerprint density at radius 1 is 1.05 bits per heavy atom. The zero-order chi connectivity index (χ0) is 27.1. The van der Waals surface area contributed by atoms with Crippen molar-refractivity contribution in [2.75, 3.05) is 38.1 Å². The van der Waals surface area contributed by atoms with Crippen LogP contribution < -0.4 is 4.90 Å². The van der Waals surface area contributed by atoms with Crippen molar-refractivity contribution in [3.8, 4) is 11.5 Å². The number of oxazole rings is 1. The van der Waals surface area contributed by atoms with Crippen LogP contribution in [0, 0.1) is 5.82 Å². The minimum Gasteiger partial charge on any atom is -0.444 e. The van der Waals surface area contributed by atoms with Gasteiger partial charge in [0.25, 0.3) is 0 Å². The van der Waals surface area contributed by atoms with E-state index < -0.39 is 21.9 Å². The number of fused-ring (bicyclic) bond motifs is 1. The van der Waals surface area contributed by atoms with E-state index in [1.165, 1.54) is 28.9 Å². The monoisotopic (exact) mass is 550 g/mol. The molecule has 0 saturated carbocycles. The summed E-state index contributed by atoms with van der Waals surface area (Å²) in [6, 6.07) is 11.3. The Bertz CT molecular complexity index is 1610. The first kappa shape index (κ1) is 25.6. The maximum atomic E-state index is 14.7. The number of aromatic nitrogens is 3. The van der Waals surface area contributed by atoms with E-state index in [-0.39, 0.29) is 35.3 Å². The van der Waals surface area contributed by atoms with Crippen LogP contribution in [0.5, 0.6) is 0 Å². The zero-order valence-electron chi connectivity index (χ0n) is 21.2. The van der Waals surface area contributed by atoms with Crippen LogP contribution in [0.4, 0.5) is 10.1 Å². The maximum absolute atomic E-state index is 14.7. The summed E-state index contributed by atoms with van der Waals surface area (Å²) < 4.78 is 47.7. The summed E-state index contributed by atoms with van der Waals surface area (Å²) in [5.41, 5.74) is 2.91. The van der Waals surface area contributed by atoms with Gasteiger partial charge in [-0.25, -0.2) is 27.8 Å². The third-order valence-electron chi connectivity index (χ3n) is 7.19. The van der Waals surface area contributed by atoms with Gasteiger partial charge in [0.05, 0.1) is 28.9 Å². The van der Waals surface area contributed by atoms with Crippen LogP contribution >= 0.6 is 0 Å². The fourth-order valence-electron chi connectivity index (χ4n) is 4.88. The molecular weight excluding hydrogens is 523 g/mol. The van der Waals surface area contributed by atoms with Crippen LogP contribution in [-0.2, 0) is 23.1 Å². The Hall–Kier alpha value is -3.71. The number of aliphatic hydroxyl groups is 1. The number of benzene rings is 2. The van der Waals surface area contributed by atoms with Crippen molar-refractivity contribution in [3.63, 3.8) is 0 Å². The van der Waals surface area contributed by atoms with Crippen molar-refractivity contribution >= 4 is 15.7 Å². The van der Waals surface area contributed by atoms with Crippen molar-refractivity contribution < 1.29 is 22.3 Å². The molecule has 4 heterocycles. The van der Waals surface area contributed by atoms with Crippen molar-refractivity contribution in [1.82, 2.24) is 24.2 Å². The first-order valence-corrected chi connectivity index (χ1v) is 14.0. The topological polar surface area (TPSA) is 116 Å². The smallest absolute Gasteiger partial charge is 0.243 e. The molecule has 4 aromatic rings. The second-order valence-corrected chi connectivity index (χ2v) is 11.7. The summed E-state index contributed by atoms with van der Waals surface area (Å²) in [5.74, 6) is -0.482. The number of anilines is 1. The lowest BCUT2D eigenvalue weighted by molar-refractivity contribution is 0.209. The molecule has 1 fully saturated rings. The second-order valence-electron chi connectivity index (χ2n) is 9.74. The predicted molar refractivity (Wildman–Crippen MR) is 141 cm³/mol. The molecule has 6 rings (SSSR count). The molecule has 0 aliphatic carbocycles. The van der Waals surface area contributed by atoms with Gasteiger partial charge in [-0.3, -0.25) is 0 Å². The molecule has 1 unspecified atom stereocenters. The number of rotatable bonds is 6. The highest BCUT2D eigenvalue weighted by Gasteiger charge is 2.33. The van der Waals surface area contributed by atoms with Crippen LogP contribution in [-0.4, -0.2) is 70.9 Å². The van der Waals surface area contributed by atoms with Gasteiger partial charge < -0.3 is 19.3 Å². The van der Waals surface area contributed by atoms with Gasteiger partial charge in [-0.1, -0.05) is 12.1 Å². The van der Waals surface area contributed by atoms with E-state index in [2.05, 4.69) is 31.8 Å². The Labute approximate surface area is 225 Å². The number of nitrogens with zero attached hydrogens (tertiary/aromatic N) is 6. The predicted octanol–water partition coefficient (Wildman–Crippen LogP) is 2.81. The quantitative estimate of drug-likeness (QED) is 0.387. The molecule has 2 aliphatic heterocycles. The molecule has 2 aliphatic rings. The Morgan fingerprint density at radius 3 is 2.62 bits per heavy atom. The lowest BCUT2D eigenvalue weighted by Crippen LogP contribution is -2.44. The van der Waals surface area contributed by atoms with Crippen molar-refractivity contribution in [2.45, 2.75) is 24.1 Å². The number of hydrogen-bond donors (Lipinski definition) is 1. The summed E-state index contributed by atoms with van der Waals surface area (Å²) in [7, 11) is -1.92. The van der Waals surface area contributed by atoms with Crippen molar-refractivity contribution in [1.29, 1.82) is 0 Å². The van der Waals surface area contributed by atoms with Crippen molar-refractivity contribution in [3.05, 3.63) is 89.6 Å². The molecule has 12 heteroatoms. The number of hydrogen-bond acceptors (Lipinski definition) is 9. The fourth-order valence-corrected chi connectivity index (χ4v) is 6.27. The molecule has 1 atom stereocenters. The molecule has 0 bridgehead atoms. The number of sulfonamides is 1. The van der Waals surface area contributed by atoms with Gasteiger partial charge in [-0.05, 0) is 42.9 Å². The maximum Gasteiger partial charge on any atom is 0.243 e. The second kappa shape index (κ2) is 10.1. The average molecular weight is 551 g/mol. The molecule has 1 N–H and O–H groups in total. The van der Waals surface area contributed by atoms with E-state index in [1.54, 1.807) is 6.20 Å². The molecule has 2 aromatic carbocycles. The fraction of sp³-hybridized carbons (Fsp3) is 0.296. The van der Waals surface area contributed by atoms with Gasteiger partial charge in [0.15, 0.2) is 5.82 Å². The summed E-state index contributed by atoms with van der Waals surface area (Å²) in [6.45, 7) is 3.79. The number of likely N-dealkylation sites (N-methyl/N-ethyl adjacent to an activating group) is 1. The van der Waals surface area contributed by atoms with E-state index in [0.717, 1.165) is 37.9 Å². The molecule has 39 heavy (non-hydrogen) atoms. The molecule has 0 radical (unpaired) electrons. The lowest BCUT2D eigenvalue weighted by Gasteiger charge is -2.34. The van der Waals surface area contributed by atoms with Gasteiger partial charge in [0.1, 0.15) is 18.2 Å². The molecule has 202 valence electrons. The molecule has 0 amide bonds. The van der Waals surface area contributed by atoms with Crippen LogP contribution in [0.25, 0.3) is 11.5 Å². The SMILES string of the molecule is CN1CCN(c2cccc(C(O)c3ncc4c(n3)CN(S(=O)(=O)c3ccc(-c5ncco5)c(F)c3)C4)c2)CC1. The largest absolute Gasteiger partial charge is 0.444 e. The molecular formula is C27H27FN6O4S. The van der Waals surface area contributed by atoms with Crippen LogP contribution in [0.2, 0.25) is 0 Å². The van der Waals surface area contributed by atoms with Gasteiger partial charge >= 0.3 is 0 Å². The highest BCUT2D eigenvalue weighted by molar-refractivity contribution is 7.89. The molecule has 10 nitrogen and oxygen atoms in total. The van der Waals surface area contributed by atoms with Crippen LogP contribution in [0.3, 0.4) is 0 Å². The van der Waals surface area contributed by atoms with E-state index in [4.69, 9.17) is 4.42 Å². The molecule has 0 spiro atoms. The number of halogens is 1. The van der Waals surface area contributed by atoms with Gasteiger partial charge in [-0.15, -0.1) is 0 Å². The van der Waals surface area contributed by atoms with Gasteiger partial charge in [0.2, 0.25) is 15.9 Å². The Balaban J connectivity index is 1.20. The zero-order valence-corrected chi connectivity index (χ0v) is 22.1. The van der Waals surface area contributed by atoms with Gasteiger partial charge in [0, 0.05) is 50.2 Å². The highest BCUT2D eigenvalue weighted by atomic mass is 32.2. The minimum absolute atomic E-state index is 0.00957. The highest BCUT2D eigenvalue weighted by Crippen LogP contribution is 2.31. The summed E-state index contributed by atoms with van der Waals surface area (Å²) in [6.07, 6.45) is 3.19.